The molecule has 1 aliphatic rings. The van der Waals surface area contributed by atoms with Gasteiger partial charge in [0.2, 0.25) is 0 Å². The Bertz CT molecular complexity index is 398. The molecule has 0 radical (unpaired) electrons. The molecule has 0 N–H and O–H groups in total. The molecule has 1 aromatic rings. The van der Waals surface area contributed by atoms with E-state index in [1.807, 2.05) is 30.3 Å². The lowest BCUT2D eigenvalue weighted by molar-refractivity contribution is -0.135. The molecule has 1 unspecified atom stereocenters. The maximum atomic E-state index is 11.6. The van der Waals surface area contributed by atoms with Crippen LogP contribution in [-0.4, -0.2) is 11.9 Å². The van der Waals surface area contributed by atoms with Crippen molar-refractivity contribution >= 4 is 11.9 Å². The predicted octanol–water partition coefficient (Wildman–Crippen LogP) is 2.87. The topological polar surface area (TPSA) is 38.7 Å². The molecule has 1 heterocycles. The van der Waals surface area contributed by atoms with E-state index in [1.165, 1.54) is 0 Å². The van der Waals surface area contributed by atoms with Crippen molar-refractivity contribution in [2.75, 3.05) is 0 Å². The van der Waals surface area contributed by atoms with Gasteiger partial charge in [-0.15, -0.1) is 0 Å². The van der Waals surface area contributed by atoms with E-state index >= 15 is 0 Å². The highest BCUT2D eigenvalue weighted by molar-refractivity contribution is 5.97. The molecule has 84 valence electrons. The Morgan fingerprint density at radius 1 is 1.31 bits per heavy atom. The Hall–Kier alpha value is -1.64. The molecule has 1 atom stereocenters. The van der Waals surface area contributed by atoms with E-state index < -0.39 is 6.04 Å². The first-order valence-corrected chi connectivity index (χ1v) is 5.64. The van der Waals surface area contributed by atoms with Crippen LogP contribution in [0.2, 0.25) is 0 Å². The summed E-state index contributed by atoms with van der Waals surface area (Å²) in [6, 6.07) is 9.08. The number of carbonyl (C=O) groups excluding carboxylic acids is 1. The van der Waals surface area contributed by atoms with Crippen LogP contribution in [0.5, 0.6) is 0 Å². The smallest absolute Gasteiger partial charge is 0.342 e. The van der Waals surface area contributed by atoms with Gasteiger partial charge in [-0.25, -0.2) is 9.79 Å². The number of benzene rings is 1. The first-order chi connectivity index (χ1) is 7.81. The van der Waals surface area contributed by atoms with E-state index in [1.54, 1.807) is 0 Å². The van der Waals surface area contributed by atoms with Crippen molar-refractivity contribution in [2.45, 2.75) is 32.2 Å². The summed E-state index contributed by atoms with van der Waals surface area (Å²) in [5.74, 6) is 0.331. The quantitative estimate of drug-likeness (QED) is 0.727. The first kappa shape index (κ1) is 10.9. The second-order valence-corrected chi connectivity index (χ2v) is 3.86. The summed E-state index contributed by atoms with van der Waals surface area (Å²) < 4.78 is 5.14. The van der Waals surface area contributed by atoms with Crippen LogP contribution in [0.3, 0.4) is 0 Å². The van der Waals surface area contributed by atoms with E-state index in [9.17, 15) is 4.79 Å². The molecule has 3 heteroatoms. The summed E-state index contributed by atoms with van der Waals surface area (Å²) in [6.07, 6.45) is 2.84. The molecule has 0 saturated heterocycles. The lowest BCUT2D eigenvalue weighted by Crippen LogP contribution is -2.08. The van der Waals surface area contributed by atoms with Crippen LogP contribution in [0.1, 0.15) is 37.8 Å². The van der Waals surface area contributed by atoms with Crippen molar-refractivity contribution in [3.8, 4) is 0 Å². The van der Waals surface area contributed by atoms with Gasteiger partial charge in [-0.2, -0.15) is 0 Å². The zero-order chi connectivity index (χ0) is 11.4. The minimum absolute atomic E-state index is 0.252. The van der Waals surface area contributed by atoms with Gasteiger partial charge < -0.3 is 4.74 Å². The highest BCUT2D eigenvalue weighted by Gasteiger charge is 2.29. The van der Waals surface area contributed by atoms with Crippen LogP contribution in [0.4, 0.5) is 0 Å². The average molecular weight is 217 g/mol. The Balaban J connectivity index is 2.11. The van der Waals surface area contributed by atoms with Gasteiger partial charge in [0.15, 0.2) is 11.9 Å². The largest absolute Gasteiger partial charge is 0.410 e. The molecule has 2 rings (SSSR count). The standard InChI is InChI=1S/C13H15NO2/c1-2-3-9-11-14-12(13(15)16-11)10-7-5-4-6-8-10/h4-8,12H,2-3,9H2,1H3. The lowest BCUT2D eigenvalue weighted by Gasteiger charge is -2.01. The van der Waals surface area contributed by atoms with Gasteiger partial charge in [-0.05, 0) is 12.0 Å². The Labute approximate surface area is 95.2 Å². The molecule has 0 amide bonds. The molecule has 0 fully saturated rings. The Morgan fingerprint density at radius 3 is 2.75 bits per heavy atom. The van der Waals surface area contributed by atoms with Gasteiger partial charge in [-0.3, -0.25) is 0 Å². The molecule has 16 heavy (non-hydrogen) atoms. The van der Waals surface area contributed by atoms with Gasteiger partial charge >= 0.3 is 5.97 Å². The average Bonchev–Trinajstić information content (AvgIpc) is 2.69. The molecule has 1 aliphatic heterocycles. The number of carbonyl (C=O) groups is 1. The predicted molar refractivity (Wildman–Crippen MR) is 62.2 cm³/mol. The van der Waals surface area contributed by atoms with Crippen LogP contribution in [-0.2, 0) is 9.53 Å². The molecule has 0 spiro atoms. The van der Waals surface area contributed by atoms with Crippen molar-refractivity contribution in [1.82, 2.24) is 0 Å². The van der Waals surface area contributed by atoms with Gasteiger partial charge in [0, 0.05) is 6.42 Å². The number of esters is 1. The van der Waals surface area contributed by atoms with Crippen LogP contribution in [0, 0.1) is 0 Å². The van der Waals surface area contributed by atoms with Crippen LogP contribution >= 0.6 is 0 Å². The van der Waals surface area contributed by atoms with Gasteiger partial charge in [0.05, 0.1) is 0 Å². The summed E-state index contributed by atoms with van der Waals surface area (Å²) in [5, 5.41) is 0. The van der Waals surface area contributed by atoms with E-state index in [0.717, 1.165) is 24.8 Å². The zero-order valence-electron chi connectivity index (χ0n) is 9.35. The molecular weight excluding hydrogens is 202 g/mol. The third-order valence-corrected chi connectivity index (χ3v) is 2.57. The monoisotopic (exact) mass is 217 g/mol. The Kier molecular flexibility index (Phi) is 3.34. The fourth-order valence-electron chi connectivity index (χ4n) is 1.68. The Morgan fingerprint density at radius 2 is 2.06 bits per heavy atom. The van der Waals surface area contributed by atoms with Crippen molar-refractivity contribution in [1.29, 1.82) is 0 Å². The third kappa shape index (κ3) is 2.30. The summed E-state index contributed by atoms with van der Waals surface area (Å²) in [6.45, 7) is 2.10. The minimum Gasteiger partial charge on any atom is -0.410 e. The summed E-state index contributed by atoms with van der Waals surface area (Å²) in [4.78, 5) is 15.9. The van der Waals surface area contributed by atoms with Gasteiger partial charge in [0.1, 0.15) is 0 Å². The second kappa shape index (κ2) is 4.92. The molecule has 0 aromatic heterocycles. The van der Waals surface area contributed by atoms with E-state index in [2.05, 4.69) is 11.9 Å². The number of hydrogen-bond donors (Lipinski definition) is 0. The number of cyclic esters (lactones) is 1. The summed E-state index contributed by atoms with van der Waals surface area (Å²) in [5.41, 5.74) is 0.902. The zero-order valence-corrected chi connectivity index (χ0v) is 9.35. The molecule has 0 saturated carbocycles. The number of rotatable bonds is 4. The molecular formula is C13H15NO2. The number of ether oxygens (including phenoxy) is 1. The van der Waals surface area contributed by atoms with Gasteiger partial charge in [0.25, 0.3) is 0 Å². The number of aliphatic imine (C=N–C) groups is 1. The van der Waals surface area contributed by atoms with E-state index in [4.69, 9.17) is 4.74 Å². The van der Waals surface area contributed by atoms with Crippen LogP contribution in [0.25, 0.3) is 0 Å². The van der Waals surface area contributed by atoms with Crippen LogP contribution in [0.15, 0.2) is 35.3 Å². The normalized spacial score (nSPS) is 19.4. The van der Waals surface area contributed by atoms with Crippen LogP contribution < -0.4 is 0 Å². The summed E-state index contributed by atoms with van der Waals surface area (Å²) >= 11 is 0. The van der Waals surface area contributed by atoms with Crippen molar-refractivity contribution < 1.29 is 9.53 Å². The van der Waals surface area contributed by atoms with Gasteiger partial charge in [-0.1, -0.05) is 43.7 Å². The van der Waals surface area contributed by atoms with Crippen molar-refractivity contribution in [3.05, 3.63) is 35.9 Å². The van der Waals surface area contributed by atoms with Crippen molar-refractivity contribution in [2.24, 2.45) is 4.99 Å². The highest BCUT2D eigenvalue weighted by atomic mass is 16.6. The fraction of sp³-hybridized carbons (Fsp3) is 0.385. The molecule has 1 aromatic carbocycles. The SMILES string of the molecule is CCCCC1=NC(c2ccccc2)C(=O)O1. The maximum Gasteiger partial charge on any atom is 0.342 e. The van der Waals surface area contributed by atoms with E-state index in [0.29, 0.717) is 5.90 Å². The van der Waals surface area contributed by atoms with Crippen molar-refractivity contribution in [3.63, 3.8) is 0 Å². The summed E-state index contributed by atoms with van der Waals surface area (Å²) in [7, 11) is 0. The maximum absolute atomic E-state index is 11.6. The highest BCUT2D eigenvalue weighted by Crippen LogP contribution is 2.25. The molecule has 0 aliphatic carbocycles. The first-order valence-electron chi connectivity index (χ1n) is 5.64. The second-order valence-electron chi connectivity index (χ2n) is 3.86. The lowest BCUT2D eigenvalue weighted by atomic mass is 10.1. The number of nitrogens with zero attached hydrogens (tertiary/aromatic N) is 1. The minimum atomic E-state index is -0.451. The number of hydrogen-bond acceptors (Lipinski definition) is 3. The third-order valence-electron chi connectivity index (χ3n) is 2.57. The molecule has 0 bridgehead atoms. The fourth-order valence-corrected chi connectivity index (χ4v) is 1.68. The van der Waals surface area contributed by atoms with E-state index in [-0.39, 0.29) is 5.97 Å². The number of unbranched alkanes of at least 4 members (excludes halogenated alkanes) is 1. The molecule has 3 nitrogen and oxygen atoms in total.